The van der Waals surface area contributed by atoms with Crippen LogP contribution in [-0.2, 0) is 61.0 Å². The van der Waals surface area contributed by atoms with Gasteiger partial charge < -0.3 is 51.4 Å². The van der Waals surface area contributed by atoms with E-state index >= 15 is 0 Å². The fraction of sp³-hybridized carbons (Fsp3) is 0.462. The first-order valence-electron chi connectivity index (χ1n) is 19.0. The standard InChI is InChI=1S/C39H51N7O14/c1-5-21(2)29(44-39(58)59-20-25-14-10-7-11-15-25)35(54)42-26(16-17-27(48)49)34(53)43-30(23(4)47)36(55)45-46(19-28(50)51)38(57)32-31(60-32)37(56)41-22(3)33(52)40-18-24-12-8-6-9-13-24/h6-15,21-23,26,29-32,47H,5,16-20H2,1-4H3,(H,40,52)(H,41,56)(H,42,54)(H,43,53)(H,44,58)(H,45,55)(H,48,49)(H,50,51)/t21-,22-,23+,26-,29-,30-,31-,32-/m0/s1. The van der Waals surface area contributed by atoms with Gasteiger partial charge in [0.1, 0.15) is 37.3 Å². The molecular weight excluding hydrogens is 790 g/mol. The van der Waals surface area contributed by atoms with Crippen LogP contribution in [0.2, 0.25) is 0 Å². The molecule has 1 heterocycles. The summed E-state index contributed by atoms with van der Waals surface area (Å²) in [6.45, 7) is 4.75. The largest absolute Gasteiger partial charge is 0.481 e. The monoisotopic (exact) mass is 841 g/mol. The normalized spacial score (nSPS) is 17.1. The van der Waals surface area contributed by atoms with Crippen LogP contribution < -0.4 is 32.0 Å². The van der Waals surface area contributed by atoms with E-state index < -0.39 is 121 Å². The molecule has 1 saturated heterocycles. The average Bonchev–Trinajstić information content (AvgIpc) is 4.02. The molecule has 21 heteroatoms. The number of rotatable bonds is 22. The molecule has 60 heavy (non-hydrogen) atoms. The van der Waals surface area contributed by atoms with Crippen LogP contribution in [0, 0.1) is 5.92 Å². The van der Waals surface area contributed by atoms with Crippen LogP contribution in [0.3, 0.4) is 0 Å². The van der Waals surface area contributed by atoms with E-state index in [-0.39, 0.29) is 13.2 Å². The molecule has 0 aromatic heterocycles. The minimum atomic E-state index is -1.92. The summed E-state index contributed by atoms with van der Waals surface area (Å²) in [4.78, 5) is 115. The van der Waals surface area contributed by atoms with Crippen LogP contribution in [-0.4, -0.2) is 123 Å². The first-order valence-corrected chi connectivity index (χ1v) is 19.0. The molecule has 7 amide bonds. The Bertz CT molecular complexity index is 1850. The van der Waals surface area contributed by atoms with Gasteiger partial charge in [-0.25, -0.2) is 9.80 Å². The number of carbonyl (C=O) groups is 9. The molecular formula is C39H51N7O14. The number of carboxylic acids is 2. The summed E-state index contributed by atoms with van der Waals surface area (Å²) in [5, 5.41) is 41.7. The molecule has 9 N–H and O–H groups in total. The number of aliphatic hydroxyl groups excluding tert-OH is 1. The summed E-state index contributed by atoms with van der Waals surface area (Å²) >= 11 is 0. The van der Waals surface area contributed by atoms with Crippen LogP contribution in [0.5, 0.6) is 0 Å². The fourth-order valence-corrected chi connectivity index (χ4v) is 5.51. The molecule has 1 aliphatic heterocycles. The zero-order valence-corrected chi connectivity index (χ0v) is 33.4. The van der Waals surface area contributed by atoms with E-state index in [9.17, 15) is 58.5 Å². The molecule has 8 atom stereocenters. The number of alkyl carbamates (subject to hydrolysis) is 1. The molecule has 1 aliphatic rings. The van der Waals surface area contributed by atoms with Crippen molar-refractivity contribution in [3.05, 3.63) is 71.8 Å². The first kappa shape index (κ1) is 47.8. The number of epoxide rings is 1. The maximum Gasteiger partial charge on any atom is 0.408 e. The van der Waals surface area contributed by atoms with Gasteiger partial charge in [-0.1, -0.05) is 80.9 Å². The van der Waals surface area contributed by atoms with Gasteiger partial charge in [-0.2, -0.15) is 0 Å². The molecule has 2 aromatic rings. The van der Waals surface area contributed by atoms with Crippen molar-refractivity contribution >= 4 is 53.5 Å². The SMILES string of the molecule is CC[C@H](C)[C@H](NC(=O)OCc1ccccc1)C(=O)N[C@@H](CCC(=O)O)C(=O)N[C@H](C(=O)NN(CC(=O)O)C(=O)[C@H]1O[C@@H]1C(=O)N[C@@H](C)C(=O)NCc1ccccc1)[C@@H](C)O. The van der Waals surface area contributed by atoms with Gasteiger partial charge >= 0.3 is 18.0 Å². The lowest BCUT2D eigenvalue weighted by Crippen LogP contribution is -2.62. The minimum Gasteiger partial charge on any atom is -0.481 e. The Balaban J connectivity index is 1.66. The number of benzene rings is 2. The third kappa shape index (κ3) is 15.3. The summed E-state index contributed by atoms with van der Waals surface area (Å²) in [5.74, 6) is -9.45. The number of amides is 7. The second-order valence-corrected chi connectivity index (χ2v) is 14.0. The Morgan fingerprint density at radius 1 is 0.733 bits per heavy atom. The van der Waals surface area contributed by atoms with Crippen molar-refractivity contribution in [3.8, 4) is 0 Å². The van der Waals surface area contributed by atoms with Gasteiger partial charge in [0.25, 0.3) is 17.7 Å². The quantitative estimate of drug-likeness (QED) is 0.0512. The fourth-order valence-electron chi connectivity index (χ4n) is 5.51. The molecule has 3 rings (SSSR count). The lowest BCUT2D eigenvalue weighted by Gasteiger charge is -2.29. The van der Waals surface area contributed by atoms with Crippen molar-refractivity contribution in [2.75, 3.05) is 6.54 Å². The number of aliphatic hydroxyl groups is 1. The van der Waals surface area contributed by atoms with Gasteiger partial charge in [0.05, 0.1) is 6.10 Å². The number of aliphatic carboxylic acids is 2. The predicted octanol–water partition coefficient (Wildman–Crippen LogP) is -0.924. The van der Waals surface area contributed by atoms with Crippen LogP contribution in [0.1, 0.15) is 58.1 Å². The molecule has 0 radical (unpaired) electrons. The number of ether oxygens (including phenoxy) is 2. The molecule has 326 valence electrons. The highest BCUT2D eigenvalue weighted by Gasteiger charge is 2.53. The maximum absolute atomic E-state index is 13.5. The zero-order chi connectivity index (χ0) is 44.5. The maximum atomic E-state index is 13.5. The van der Waals surface area contributed by atoms with Gasteiger partial charge in [-0.05, 0) is 37.3 Å². The number of nitrogens with one attached hydrogen (secondary N) is 6. The number of hydrogen-bond acceptors (Lipinski definition) is 12. The number of hydrogen-bond donors (Lipinski definition) is 9. The second-order valence-electron chi connectivity index (χ2n) is 14.0. The van der Waals surface area contributed by atoms with Crippen LogP contribution in [0.25, 0.3) is 0 Å². The highest BCUT2D eigenvalue weighted by Crippen LogP contribution is 2.24. The van der Waals surface area contributed by atoms with E-state index in [1.807, 2.05) is 5.43 Å². The van der Waals surface area contributed by atoms with Crippen molar-refractivity contribution in [3.63, 3.8) is 0 Å². The predicted molar refractivity (Wildman–Crippen MR) is 207 cm³/mol. The summed E-state index contributed by atoms with van der Waals surface area (Å²) < 4.78 is 10.4. The molecule has 0 bridgehead atoms. The van der Waals surface area contributed by atoms with Crippen molar-refractivity contribution in [1.29, 1.82) is 0 Å². The number of carboxylic acid groups (broad SMARTS) is 2. The van der Waals surface area contributed by atoms with E-state index in [1.54, 1.807) is 74.5 Å². The van der Waals surface area contributed by atoms with Crippen molar-refractivity contribution < 1.29 is 67.9 Å². The van der Waals surface area contributed by atoms with E-state index in [1.165, 1.54) is 6.92 Å². The molecule has 2 aromatic carbocycles. The van der Waals surface area contributed by atoms with Gasteiger partial charge in [0.15, 0.2) is 12.2 Å². The molecule has 21 nitrogen and oxygen atoms in total. The lowest BCUT2D eigenvalue weighted by molar-refractivity contribution is -0.152. The van der Waals surface area contributed by atoms with Crippen LogP contribution >= 0.6 is 0 Å². The Morgan fingerprint density at radius 2 is 1.35 bits per heavy atom. The van der Waals surface area contributed by atoms with E-state index in [0.717, 1.165) is 12.5 Å². The summed E-state index contributed by atoms with van der Waals surface area (Å²) in [6.07, 6.45) is -6.47. The molecule has 1 fully saturated rings. The van der Waals surface area contributed by atoms with Crippen molar-refractivity contribution in [1.82, 2.24) is 37.0 Å². The van der Waals surface area contributed by atoms with Gasteiger partial charge in [0, 0.05) is 13.0 Å². The van der Waals surface area contributed by atoms with Gasteiger partial charge in [-0.3, -0.25) is 43.8 Å². The highest BCUT2D eigenvalue weighted by atomic mass is 16.6. The summed E-state index contributed by atoms with van der Waals surface area (Å²) in [5.41, 5.74) is 3.48. The smallest absolute Gasteiger partial charge is 0.408 e. The number of hydrazine groups is 1. The van der Waals surface area contributed by atoms with E-state index in [2.05, 4.69) is 26.6 Å². The summed E-state index contributed by atoms with van der Waals surface area (Å²) in [6, 6.07) is 11.8. The highest BCUT2D eigenvalue weighted by molar-refractivity contribution is 5.99. The van der Waals surface area contributed by atoms with Crippen LogP contribution in [0.15, 0.2) is 60.7 Å². The molecule has 0 aliphatic carbocycles. The third-order valence-corrected chi connectivity index (χ3v) is 9.18. The summed E-state index contributed by atoms with van der Waals surface area (Å²) in [7, 11) is 0. The second kappa shape index (κ2) is 23.1. The Labute approximate surface area is 344 Å². The van der Waals surface area contributed by atoms with E-state index in [4.69, 9.17) is 9.47 Å². The molecule has 0 saturated carbocycles. The Morgan fingerprint density at radius 3 is 1.92 bits per heavy atom. The first-order chi connectivity index (χ1) is 28.4. The van der Waals surface area contributed by atoms with Crippen molar-refractivity contribution in [2.45, 2.75) is 103 Å². The topological polar surface area (TPSA) is 311 Å². The van der Waals surface area contributed by atoms with Crippen LogP contribution in [0.4, 0.5) is 4.79 Å². The average molecular weight is 842 g/mol. The Kier molecular flexibility index (Phi) is 18.4. The Hall–Kier alpha value is -6.61. The zero-order valence-electron chi connectivity index (χ0n) is 33.4. The molecule has 0 unspecified atom stereocenters. The molecule has 0 spiro atoms. The number of carbonyl (C=O) groups excluding carboxylic acids is 7. The third-order valence-electron chi connectivity index (χ3n) is 9.18. The number of nitrogens with zero attached hydrogens (tertiary/aromatic N) is 1. The van der Waals surface area contributed by atoms with E-state index in [0.29, 0.717) is 17.0 Å². The lowest BCUT2D eigenvalue weighted by atomic mass is 9.97. The minimum absolute atomic E-state index is 0.109. The van der Waals surface area contributed by atoms with Crippen molar-refractivity contribution in [2.24, 2.45) is 5.92 Å². The van der Waals surface area contributed by atoms with Gasteiger partial charge in [0.2, 0.25) is 17.7 Å². The van der Waals surface area contributed by atoms with Gasteiger partial charge in [-0.15, -0.1) is 0 Å².